The van der Waals surface area contributed by atoms with Crippen molar-refractivity contribution >= 4 is 5.69 Å². The van der Waals surface area contributed by atoms with Crippen molar-refractivity contribution < 1.29 is 0 Å². The highest BCUT2D eigenvalue weighted by atomic mass is 14.9. The maximum absolute atomic E-state index is 3.63. The highest BCUT2D eigenvalue weighted by molar-refractivity contribution is 5.45. The molecule has 2 aromatic carbocycles. The number of rotatable bonds is 5. The zero-order valence-corrected chi connectivity index (χ0v) is 15.4. The van der Waals surface area contributed by atoms with Crippen LogP contribution in [0.3, 0.4) is 0 Å². The second-order valence-corrected chi connectivity index (χ2v) is 7.51. The van der Waals surface area contributed by atoms with E-state index in [1.807, 2.05) is 0 Å². The molecule has 0 aliphatic heterocycles. The lowest BCUT2D eigenvalue weighted by molar-refractivity contribution is 0.338. The van der Waals surface area contributed by atoms with Crippen molar-refractivity contribution in [3.63, 3.8) is 0 Å². The Hall–Kier alpha value is -1.76. The van der Waals surface area contributed by atoms with Crippen LogP contribution in [0, 0.1) is 19.8 Å². The number of hydrogen-bond donors (Lipinski definition) is 1. The van der Waals surface area contributed by atoms with Crippen LogP contribution < -0.4 is 5.32 Å². The molecule has 1 fully saturated rings. The van der Waals surface area contributed by atoms with Gasteiger partial charge in [0.2, 0.25) is 0 Å². The van der Waals surface area contributed by atoms with Gasteiger partial charge < -0.3 is 5.32 Å². The van der Waals surface area contributed by atoms with Crippen molar-refractivity contribution in [3.8, 4) is 0 Å². The van der Waals surface area contributed by atoms with Gasteiger partial charge in [0.15, 0.2) is 0 Å². The van der Waals surface area contributed by atoms with E-state index in [2.05, 4.69) is 68.6 Å². The summed E-state index contributed by atoms with van der Waals surface area (Å²) >= 11 is 0. The van der Waals surface area contributed by atoms with E-state index in [1.54, 1.807) is 5.56 Å². The Morgan fingerprint density at radius 1 is 0.958 bits per heavy atom. The minimum atomic E-state index is 0.768. The van der Waals surface area contributed by atoms with E-state index in [1.165, 1.54) is 48.1 Å². The Balaban J connectivity index is 1.51. The zero-order chi connectivity index (χ0) is 16.9. The maximum Gasteiger partial charge on any atom is 0.0342 e. The van der Waals surface area contributed by atoms with Crippen LogP contribution in [-0.4, -0.2) is 6.54 Å². The standard InChI is InChI=1S/C23H31N/c1-4-20-12-13-22(15-18(20)3)21-10-8-19(9-11-21)16-24-23-7-5-6-17(2)14-23/h5-7,12-15,19,21,24H,4,8-11,16H2,1-3H3. The second-order valence-electron chi connectivity index (χ2n) is 7.51. The van der Waals surface area contributed by atoms with Gasteiger partial charge in [0.25, 0.3) is 0 Å². The molecule has 0 aromatic heterocycles. The molecule has 1 N–H and O–H groups in total. The first-order valence-electron chi connectivity index (χ1n) is 9.55. The van der Waals surface area contributed by atoms with Crippen molar-refractivity contribution in [2.24, 2.45) is 5.92 Å². The summed E-state index contributed by atoms with van der Waals surface area (Å²) in [5, 5.41) is 3.63. The summed E-state index contributed by atoms with van der Waals surface area (Å²) in [7, 11) is 0. The van der Waals surface area contributed by atoms with Gasteiger partial charge in [-0.2, -0.15) is 0 Å². The van der Waals surface area contributed by atoms with Crippen LogP contribution in [0.4, 0.5) is 5.69 Å². The minimum Gasteiger partial charge on any atom is -0.385 e. The molecule has 1 aliphatic rings. The van der Waals surface area contributed by atoms with E-state index >= 15 is 0 Å². The van der Waals surface area contributed by atoms with Crippen LogP contribution in [0.5, 0.6) is 0 Å². The fraction of sp³-hybridized carbons (Fsp3) is 0.478. The van der Waals surface area contributed by atoms with Crippen LogP contribution in [0.15, 0.2) is 42.5 Å². The zero-order valence-electron chi connectivity index (χ0n) is 15.4. The molecule has 1 nitrogen and oxygen atoms in total. The Labute approximate surface area is 147 Å². The summed E-state index contributed by atoms with van der Waals surface area (Å²) in [6.07, 6.45) is 6.51. The number of benzene rings is 2. The van der Waals surface area contributed by atoms with Gasteiger partial charge in [-0.3, -0.25) is 0 Å². The number of anilines is 1. The Bertz CT molecular complexity index is 665. The molecule has 1 heteroatoms. The van der Waals surface area contributed by atoms with Gasteiger partial charge in [-0.25, -0.2) is 0 Å². The Kier molecular flexibility index (Phi) is 5.60. The number of aryl methyl sites for hydroxylation is 3. The molecule has 3 rings (SSSR count). The third-order valence-corrected chi connectivity index (χ3v) is 5.68. The van der Waals surface area contributed by atoms with Crippen molar-refractivity contribution in [1.82, 2.24) is 0 Å². The lowest BCUT2D eigenvalue weighted by atomic mass is 9.78. The molecule has 128 valence electrons. The Morgan fingerprint density at radius 2 is 1.75 bits per heavy atom. The topological polar surface area (TPSA) is 12.0 Å². The number of hydrogen-bond acceptors (Lipinski definition) is 1. The third-order valence-electron chi connectivity index (χ3n) is 5.68. The lowest BCUT2D eigenvalue weighted by Crippen LogP contribution is -2.20. The van der Waals surface area contributed by atoms with E-state index in [0.29, 0.717) is 0 Å². The summed E-state index contributed by atoms with van der Waals surface area (Å²) in [5.74, 6) is 1.59. The molecule has 0 saturated heterocycles. The lowest BCUT2D eigenvalue weighted by Gasteiger charge is -2.29. The van der Waals surface area contributed by atoms with Gasteiger partial charge in [0.05, 0.1) is 0 Å². The monoisotopic (exact) mass is 321 g/mol. The molecular formula is C23H31N. The van der Waals surface area contributed by atoms with Crippen molar-refractivity contribution in [1.29, 1.82) is 0 Å². The minimum absolute atomic E-state index is 0.768. The molecule has 0 heterocycles. The first kappa shape index (κ1) is 17.1. The molecule has 24 heavy (non-hydrogen) atoms. The van der Waals surface area contributed by atoms with E-state index in [-0.39, 0.29) is 0 Å². The van der Waals surface area contributed by atoms with E-state index < -0.39 is 0 Å². The molecule has 0 radical (unpaired) electrons. The summed E-state index contributed by atoms with van der Waals surface area (Å²) in [6, 6.07) is 15.9. The highest BCUT2D eigenvalue weighted by Crippen LogP contribution is 2.36. The summed E-state index contributed by atoms with van der Waals surface area (Å²) in [6.45, 7) is 7.78. The summed E-state index contributed by atoms with van der Waals surface area (Å²) in [5.41, 5.74) is 7.13. The summed E-state index contributed by atoms with van der Waals surface area (Å²) in [4.78, 5) is 0. The fourth-order valence-corrected chi connectivity index (χ4v) is 4.09. The largest absolute Gasteiger partial charge is 0.385 e. The molecule has 1 saturated carbocycles. The van der Waals surface area contributed by atoms with Gasteiger partial charge in [0, 0.05) is 12.2 Å². The molecule has 2 aromatic rings. The third kappa shape index (κ3) is 4.20. The maximum atomic E-state index is 3.63. The SMILES string of the molecule is CCc1ccc(C2CCC(CNc3cccc(C)c3)CC2)cc1C. The predicted molar refractivity (Wildman–Crippen MR) is 105 cm³/mol. The fourth-order valence-electron chi connectivity index (χ4n) is 4.09. The molecule has 0 unspecified atom stereocenters. The van der Waals surface area contributed by atoms with Crippen LogP contribution in [0.1, 0.15) is 60.8 Å². The number of nitrogens with one attached hydrogen (secondary N) is 1. The van der Waals surface area contributed by atoms with Gasteiger partial charge in [0.1, 0.15) is 0 Å². The predicted octanol–water partition coefficient (Wildman–Crippen LogP) is 6.25. The van der Waals surface area contributed by atoms with E-state index in [0.717, 1.165) is 24.8 Å². The first-order chi connectivity index (χ1) is 11.7. The average molecular weight is 322 g/mol. The molecule has 0 spiro atoms. The first-order valence-corrected chi connectivity index (χ1v) is 9.55. The van der Waals surface area contributed by atoms with Gasteiger partial charge in [-0.05, 0) is 92.2 Å². The van der Waals surface area contributed by atoms with E-state index in [4.69, 9.17) is 0 Å². The molecule has 0 atom stereocenters. The van der Waals surface area contributed by atoms with E-state index in [9.17, 15) is 0 Å². The average Bonchev–Trinajstić information content (AvgIpc) is 2.60. The molecule has 0 amide bonds. The normalized spacial score (nSPS) is 20.8. The second kappa shape index (κ2) is 7.88. The Morgan fingerprint density at radius 3 is 2.42 bits per heavy atom. The van der Waals surface area contributed by atoms with Crippen molar-refractivity contribution in [2.45, 2.75) is 58.8 Å². The van der Waals surface area contributed by atoms with Crippen molar-refractivity contribution in [3.05, 3.63) is 64.7 Å². The van der Waals surface area contributed by atoms with Gasteiger partial charge in [-0.15, -0.1) is 0 Å². The van der Waals surface area contributed by atoms with Crippen LogP contribution in [-0.2, 0) is 6.42 Å². The summed E-state index contributed by atoms with van der Waals surface area (Å²) < 4.78 is 0. The van der Waals surface area contributed by atoms with Gasteiger partial charge in [-0.1, -0.05) is 37.3 Å². The molecule has 1 aliphatic carbocycles. The molecule has 0 bridgehead atoms. The van der Waals surface area contributed by atoms with Crippen LogP contribution >= 0.6 is 0 Å². The van der Waals surface area contributed by atoms with Gasteiger partial charge >= 0.3 is 0 Å². The smallest absolute Gasteiger partial charge is 0.0342 e. The van der Waals surface area contributed by atoms with Crippen molar-refractivity contribution in [2.75, 3.05) is 11.9 Å². The van der Waals surface area contributed by atoms with Crippen LogP contribution in [0.2, 0.25) is 0 Å². The quantitative estimate of drug-likeness (QED) is 0.686. The highest BCUT2D eigenvalue weighted by Gasteiger charge is 2.22. The van der Waals surface area contributed by atoms with Crippen LogP contribution in [0.25, 0.3) is 0 Å². The molecular weight excluding hydrogens is 290 g/mol.